The maximum absolute atomic E-state index is 10.6. The first-order valence-corrected chi connectivity index (χ1v) is 5.20. The van der Waals surface area contributed by atoms with Gasteiger partial charge in [0.05, 0.1) is 12.1 Å². The number of ether oxygens (including phenoxy) is 1. The molecule has 1 aliphatic heterocycles. The van der Waals surface area contributed by atoms with Gasteiger partial charge in [-0.15, -0.1) is 0 Å². The van der Waals surface area contributed by atoms with Crippen molar-refractivity contribution >= 4 is 18.0 Å². The van der Waals surface area contributed by atoms with Gasteiger partial charge in [0.1, 0.15) is 0 Å². The van der Waals surface area contributed by atoms with Crippen LogP contribution in [-0.2, 0) is 15.1 Å². The van der Waals surface area contributed by atoms with Crippen LogP contribution in [0.1, 0.15) is 12.0 Å². The predicted molar refractivity (Wildman–Crippen MR) is 57.8 cm³/mol. The summed E-state index contributed by atoms with van der Waals surface area (Å²) in [5.41, 5.74) is 0.670. The summed E-state index contributed by atoms with van der Waals surface area (Å²) < 4.78 is 5.34. The number of carbonyl (C=O) groups excluding carboxylic acids is 1. The van der Waals surface area contributed by atoms with Crippen molar-refractivity contribution in [2.24, 2.45) is 0 Å². The van der Waals surface area contributed by atoms with Crippen LogP contribution >= 0.6 is 11.6 Å². The summed E-state index contributed by atoms with van der Waals surface area (Å²) in [5, 5.41) is 3.54. The lowest BCUT2D eigenvalue weighted by molar-refractivity contribution is -0.111. The molecule has 4 heteroatoms. The van der Waals surface area contributed by atoms with Gasteiger partial charge in [0.2, 0.25) is 6.41 Å². The Morgan fingerprint density at radius 3 is 2.67 bits per heavy atom. The number of amides is 1. The predicted octanol–water partition coefficient (Wildman–Crippen LogP) is 1.70. The Kier molecular flexibility index (Phi) is 2.93. The van der Waals surface area contributed by atoms with Gasteiger partial charge in [0.15, 0.2) is 0 Å². The van der Waals surface area contributed by atoms with Crippen molar-refractivity contribution < 1.29 is 9.53 Å². The molecule has 1 aromatic rings. The Morgan fingerprint density at radius 2 is 2.13 bits per heavy atom. The third-order valence-corrected chi connectivity index (χ3v) is 3.01. The van der Waals surface area contributed by atoms with Gasteiger partial charge in [0, 0.05) is 18.1 Å². The van der Waals surface area contributed by atoms with Crippen LogP contribution in [0, 0.1) is 0 Å². The molecule has 1 fully saturated rings. The molecule has 1 unspecified atom stereocenters. The fourth-order valence-corrected chi connectivity index (χ4v) is 2.00. The Balaban J connectivity index is 2.31. The Labute approximate surface area is 93.4 Å². The molecule has 0 radical (unpaired) electrons. The van der Waals surface area contributed by atoms with E-state index in [1.807, 2.05) is 24.3 Å². The smallest absolute Gasteiger partial charge is 0.207 e. The minimum atomic E-state index is -0.369. The molecule has 1 N–H and O–H groups in total. The second-order valence-electron chi connectivity index (χ2n) is 3.65. The molecule has 1 atom stereocenters. The van der Waals surface area contributed by atoms with Crippen LogP contribution in [0.3, 0.4) is 0 Å². The van der Waals surface area contributed by atoms with E-state index in [-0.39, 0.29) is 5.54 Å². The Morgan fingerprint density at radius 1 is 1.40 bits per heavy atom. The van der Waals surface area contributed by atoms with E-state index >= 15 is 0 Å². The lowest BCUT2D eigenvalue weighted by Crippen LogP contribution is -2.42. The second kappa shape index (κ2) is 4.21. The summed E-state index contributed by atoms with van der Waals surface area (Å²) >= 11 is 5.82. The number of rotatable bonds is 3. The van der Waals surface area contributed by atoms with Crippen molar-refractivity contribution in [2.75, 3.05) is 13.2 Å². The van der Waals surface area contributed by atoms with E-state index in [2.05, 4.69) is 5.32 Å². The highest BCUT2D eigenvalue weighted by Gasteiger charge is 2.36. The first kappa shape index (κ1) is 10.5. The van der Waals surface area contributed by atoms with Crippen molar-refractivity contribution in [3.8, 4) is 0 Å². The van der Waals surface area contributed by atoms with E-state index in [9.17, 15) is 4.79 Å². The minimum Gasteiger partial charge on any atom is -0.379 e. The standard InChI is InChI=1S/C11H12ClNO2/c12-10-3-1-9(2-4-10)11(13-8-14)5-6-15-7-11/h1-4,8H,5-7H2,(H,13,14). The zero-order valence-electron chi connectivity index (χ0n) is 8.20. The summed E-state index contributed by atoms with van der Waals surface area (Å²) in [4.78, 5) is 10.6. The molecule has 0 aromatic heterocycles. The fourth-order valence-electron chi connectivity index (χ4n) is 1.87. The highest BCUT2D eigenvalue weighted by atomic mass is 35.5. The molecule has 0 saturated carbocycles. The SMILES string of the molecule is O=CNC1(c2ccc(Cl)cc2)CCOC1. The normalized spacial score (nSPS) is 25.1. The van der Waals surface area contributed by atoms with E-state index in [0.717, 1.165) is 18.4 Å². The van der Waals surface area contributed by atoms with Gasteiger partial charge >= 0.3 is 0 Å². The molecule has 1 heterocycles. The van der Waals surface area contributed by atoms with Crippen molar-refractivity contribution in [3.05, 3.63) is 34.9 Å². The van der Waals surface area contributed by atoms with Crippen molar-refractivity contribution in [1.82, 2.24) is 5.32 Å². The molecule has 1 aliphatic rings. The van der Waals surface area contributed by atoms with Crippen LogP contribution in [0.5, 0.6) is 0 Å². The molecular formula is C11H12ClNO2. The molecule has 0 aliphatic carbocycles. The molecule has 1 aromatic carbocycles. The van der Waals surface area contributed by atoms with Crippen LogP contribution in [-0.4, -0.2) is 19.6 Å². The van der Waals surface area contributed by atoms with Crippen molar-refractivity contribution in [3.63, 3.8) is 0 Å². The number of nitrogens with one attached hydrogen (secondary N) is 1. The molecule has 80 valence electrons. The van der Waals surface area contributed by atoms with E-state index in [1.54, 1.807) is 0 Å². The summed E-state index contributed by atoms with van der Waals surface area (Å²) in [7, 11) is 0. The number of benzene rings is 1. The summed E-state index contributed by atoms with van der Waals surface area (Å²) in [6, 6.07) is 7.49. The van der Waals surface area contributed by atoms with Gasteiger partial charge in [0.25, 0.3) is 0 Å². The number of hydrogen-bond acceptors (Lipinski definition) is 2. The zero-order valence-corrected chi connectivity index (χ0v) is 8.96. The number of hydrogen-bond donors (Lipinski definition) is 1. The molecule has 15 heavy (non-hydrogen) atoms. The van der Waals surface area contributed by atoms with Crippen LogP contribution in [0.25, 0.3) is 0 Å². The minimum absolute atomic E-state index is 0.369. The van der Waals surface area contributed by atoms with Crippen LogP contribution in [0.4, 0.5) is 0 Å². The van der Waals surface area contributed by atoms with Gasteiger partial charge < -0.3 is 10.1 Å². The highest BCUT2D eigenvalue weighted by molar-refractivity contribution is 6.30. The summed E-state index contributed by atoms with van der Waals surface area (Å²) in [5.74, 6) is 0. The summed E-state index contributed by atoms with van der Waals surface area (Å²) in [6.45, 7) is 1.19. The van der Waals surface area contributed by atoms with Gasteiger partial charge in [-0.3, -0.25) is 4.79 Å². The van der Waals surface area contributed by atoms with Gasteiger partial charge in [-0.05, 0) is 17.7 Å². The Bertz CT molecular complexity index is 344. The van der Waals surface area contributed by atoms with Crippen molar-refractivity contribution in [1.29, 1.82) is 0 Å². The lowest BCUT2D eigenvalue weighted by atomic mass is 9.89. The first-order chi connectivity index (χ1) is 7.27. The highest BCUT2D eigenvalue weighted by Crippen LogP contribution is 2.30. The molecule has 1 amide bonds. The van der Waals surface area contributed by atoms with Gasteiger partial charge in [-0.2, -0.15) is 0 Å². The summed E-state index contributed by atoms with van der Waals surface area (Å²) in [6.07, 6.45) is 1.52. The third kappa shape index (κ3) is 1.98. The molecule has 0 bridgehead atoms. The largest absolute Gasteiger partial charge is 0.379 e. The zero-order chi connectivity index (χ0) is 10.7. The maximum atomic E-state index is 10.6. The lowest BCUT2D eigenvalue weighted by Gasteiger charge is -2.27. The Hall–Kier alpha value is -1.06. The second-order valence-corrected chi connectivity index (χ2v) is 4.09. The topological polar surface area (TPSA) is 38.3 Å². The third-order valence-electron chi connectivity index (χ3n) is 2.75. The van der Waals surface area contributed by atoms with Crippen LogP contribution in [0.15, 0.2) is 24.3 Å². The van der Waals surface area contributed by atoms with E-state index in [0.29, 0.717) is 18.2 Å². The van der Waals surface area contributed by atoms with E-state index in [1.165, 1.54) is 0 Å². The number of halogens is 1. The molecule has 0 spiro atoms. The first-order valence-electron chi connectivity index (χ1n) is 4.82. The monoisotopic (exact) mass is 225 g/mol. The van der Waals surface area contributed by atoms with E-state index in [4.69, 9.17) is 16.3 Å². The van der Waals surface area contributed by atoms with E-state index < -0.39 is 0 Å². The maximum Gasteiger partial charge on any atom is 0.207 e. The van der Waals surface area contributed by atoms with Crippen LogP contribution in [0.2, 0.25) is 5.02 Å². The van der Waals surface area contributed by atoms with Crippen molar-refractivity contribution in [2.45, 2.75) is 12.0 Å². The average molecular weight is 226 g/mol. The molecule has 1 saturated heterocycles. The van der Waals surface area contributed by atoms with Gasteiger partial charge in [-0.25, -0.2) is 0 Å². The molecule has 3 nitrogen and oxygen atoms in total. The average Bonchev–Trinajstić information content (AvgIpc) is 2.69. The fraction of sp³-hybridized carbons (Fsp3) is 0.364. The quantitative estimate of drug-likeness (QED) is 0.796. The van der Waals surface area contributed by atoms with Crippen LogP contribution < -0.4 is 5.32 Å². The molecule has 2 rings (SSSR count). The molecular weight excluding hydrogens is 214 g/mol. The van der Waals surface area contributed by atoms with Gasteiger partial charge in [-0.1, -0.05) is 23.7 Å². The number of carbonyl (C=O) groups is 1.